The fourth-order valence-electron chi connectivity index (χ4n) is 4.47. The van der Waals surface area contributed by atoms with E-state index in [0.717, 1.165) is 18.7 Å². The van der Waals surface area contributed by atoms with Crippen molar-refractivity contribution >= 4 is 5.91 Å². The lowest BCUT2D eigenvalue weighted by Gasteiger charge is -2.39. The van der Waals surface area contributed by atoms with Crippen molar-refractivity contribution in [2.75, 3.05) is 53.0 Å². The van der Waals surface area contributed by atoms with Crippen molar-refractivity contribution in [3.05, 3.63) is 35.6 Å². The van der Waals surface area contributed by atoms with Crippen LogP contribution in [0.1, 0.15) is 25.3 Å². The molecular weight excluding hydrogens is 347 g/mol. The summed E-state index contributed by atoms with van der Waals surface area (Å²) in [5.74, 6) is 0.178. The summed E-state index contributed by atoms with van der Waals surface area (Å²) in [6.07, 6.45) is 1.22. The lowest BCUT2D eigenvalue weighted by atomic mass is 9.73. The van der Waals surface area contributed by atoms with E-state index in [0.29, 0.717) is 39.1 Å². The molecule has 2 aliphatic rings. The molecule has 2 fully saturated rings. The first-order valence-corrected chi connectivity index (χ1v) is 9.92. The number of aliphatic hydroxyl groups excluding tert-OH is 1. The van der Waals surface area contributed by atoms with Crippen LogP contribution in [-0.4, -0.2) is 73.9 Å². The number of carbonyl (C=O) groups excluding carboxylic acids is 1. The van der Waals surface area contributed by atoms with Gasteiger partial charge in [-0.15, -0.1) is 0 Å². The van der Waals surface area contributed by atoms with E-state index in [1.165, 1.54) is 12.1 Å². The van der Waals surface area contributed by atoms with Crippen molar-refractivity contribution in [3.8, 4) is 0 Å². The molecule has 0 bridgehead atoms. The Bertz CT molecular complexity index is 631. The van der Waals surface area contributed by atoms with E-state index in [1.807, 2.05) is 4.90 Å². The van der Waals surface area contributed by atoms with Gasteiger partial charge in [0.15, 0.2) is 0 Å². The zero-order valence-corrected chi connectivity index (χ0v) is 16.4. The molecule has 0 saturated carbocycles. The largest absolute Gasteiger partial charge is 0.396 e. The fourth-order valence-corrected chi connectivity index (χ4v) is 4.47. The number of aliphatic hydroxyl groups is 1. The SMILES string of the molecule is CCN(C)C[C@@H]1CN(C(=O)C2(c3ccc(F)cc3)CCOCC2)C[C@@H]1CO. The highest BCUT2D eigenvalue weighted by Crippen LogP contribution is 2.39. The van der Waals surface area contributed by atoms with E-state index < -0.39 is 5.41 Å². The molecule has 1 aromatic carbocycles. The Morgan fingerprint density at radius 2 is 1.89 bits per heavy atom. The van der Waals surface area contributed by atoms with Gasteiger partial charge in [-0.25, -0.2) is 4.39 Å². The van der Waals surface area contributed by atoms with Crippen LogP contribution in [-0.2, 0) is 14.9 Å². The maximum atomic E-state index is 13.7. The molecule has 0 unspecified atom stereocenters. The predicted octanol–water partition coefficient (Wildman–Crippen LogP) is 1.89. The lowest BCUT2D eigenvalue weighted by Crippen LogP contribution is -2.49. The van der Waals surface area contributed by atoms with Gasteiger partial charge in [-0.05, 0) is 50.0 Å². The predicted molar refractivity (Wildman–Crippen MR) is 102 cm³/mol. The summed E-state index contributed by atoms with van der Waals surface area (Å²) < 4.78 is 19.0. The minimum absolute atomic E-state index is 0.0949. The number of rotatable bonds is 6. The number of amides is 1. The number of ether oxygens (including phenoxy) is 1. The van der Waals surface area contributed by atoms with Gasteiger partial charge in [0.05, 0.1) is 5.41 Å². The van der Waals surface area contributed by atoms with Gasteiger partial charge in [0.25, 0.3) is 0 Å². The third-order valence-electron chi connectivity index (χ3n) is 6.34. The van der Waals surface area contributed by atoms with Gasteiger partial charge >= 0.3 is 0 Å². The highest BCUT2D eigenvalue weighted by molar-refractivity contribution is 5.88. The van der Waals surface area contributed by atoms with Gasteiger partial charge in [0.2, 0.25) is 5.91 Å². The Kier molecular flexibility index (Phi) is 6.50. The van der Waals surface area contributed by atoms with Crippen molar-refractivity contribution in [2.45, 2.75) is 25.2 Å². The minimum Gasteiger partial charge on any atom is -0.396 e. The Balaban J connectivity index is 1.83. The first-order valence-electron chi connectivity index (χ1n) is 9.92. The Labute approximate surface area is 161 Å². The molecule has 6 heteroatoms. The van der Waals surface area contributed by atoms with Crippen LogP contribution in [0, 0.1) is 17.7 Å². The molecule has 2 saturated heterocycles. The van der Waals surface area contributed by atoms with Gasteiger partial charge in [-0.3, -0.25) is 4.79 Å². The van der Waals surface area contributed by atoms with Gasteiger partial charge in [-0.2, -0.15) is 0 Å². The number of hydrogen-bond acceptors (Lipinski definition) is 4. The molecule has 0 spiro atoms. The van der Waals surface area contributed by atoms with Crippen LogP contribution in [0.5, 0.6) is 0 Å². The molecule has 0 aliphatic carbocycles. The van der Waals surface area contributed by atoms with Crippen molar-refractivity contribution in [1.82, 2.24) is 9.80 Å². The fraction of sp³-hybridized carbons (Fsp3) is 0.667. The zero-order valence-electron chi connectivity index (χ0n) is 16.4. The highest BCUT2D eigenvalue weighted by Gasteiger charge is 2.47. The Morgan fingerprint density at radius 1 is 1.26 bits per heavy atom. The monoisotopic (exact) mass is 378 g/mol. The maximum Gasteiger partial charge on any atom is 0.233 e. The van der Waals surface area contributed by atoms with Crippen molar-refractivity contribution in [3.63, 3.8) is 0 Å². The first kappa shape index (κ1) is 20.2. The first-order chi connectivity index (χ1) is 13.0. The minimum atomic E-state index is -0.655. The standard InChI is InChI=1S/C21H31FN2O3/c1-3-23(2)12-16-13-24(14-17(16)15-25)20(26)21(8-10-27-11-9-21)18-4-6-19(22)7-5-18/h4-7,16-17,25H,3,8-15H2,1-2H3/t16-,17-/m1/s1. The van der Waals surface area contributed by atoms with Crippen LogP contribution in [0.2, 0.25) is 0 Å². The Morgan fingerprint density at radius 3 is 2.48 bits per heavy atom. The smallest absolute Gasteiger partial charge is 0.233 e. The molecule has 27 heavy (non-hydrogen) atoms. The van der Waals surface area contributed by atoms with E-state index in [1.54, 1.807) is 12.1 Å². The summed E-state index contributed by atoms with van der Waals surface area (Å²) in [7, 11) is 2.07. The van der Waals surface area contributed by atoms with Gasteiger partial charge in [-0.1, -0.05) is 19.1 Å². The lowest BCUT2D eigenvalue weighted by molar-refractivity contribution is -0.140. The zero-order chi connectivity index (χ0) is 19.4. The molecule has 0 radical (unpaired) electrons. The molecule has 5 nitrogen and oxygen atoms in total. The molecular formula is C21H31FN2O3. The van der Waals surface area contributed by atoms with Crippen molar-refractivity contribution < 1.29 is 19.0 Å². The number of halogens is 1. The molecule has 1 amide bonds. The summed E-state index contributed by atoms with van der Waals surface area (Å²) in [6.45, 7) is 6.33. The Hall–Kier alpha value is -1.50. The third kappa shape index (κ3) is 4.18. The normalized spacial score (nSPS) is 25.1. The average molecular weight is 378 g/mol. The quantitative estimate of drug-likeness (QED) is 0.821. The number of hydrogen-bond donors (Lipinski definition) is 1. The molecule has 2 atom stereocenters. The van der Waals surface area contributed by atoms with Crippen molar-refractivity contribution in [2.24, 2.45) is 11.8 Å². The second-order valence-corrected chi connectivity index (χ2v) is 7.97. The van der Waals surface area contributed by atoms with E-state index >= 15 is 0 Å². The second kappa shape index (κ2) is 8.67. The van der Waals surface area contributed by atoms with Gasteiger partial charge < -0.3 is 19.6 Å². The molecule has 2 aliphatic heterocycles. The van der Waals surface area contributed by atoms with E-state index in [4.69, 9.17) is 4.74 Å². The number of benzene rings is 1. The van der Waals surface area contributed by atoms with E-state index in [2.05, 4.69) is 18.9 Å². The third-order valence-corrected chi connectivity index (χ3v) is 6.34. The van der Waals surface area contributed by atoms with Crippen LogP contribution in [0.25, 0.3) is 0 Å². The van der Waals surface area contributed by atoms with Crippen molar-refractivity contribution in [1.29, 1.82) is 0 Å². The van der Waals surface area contributed by atoms with E-state index in [-0.39, 0.29) is 30.2 Å². The van der Waals surface area contributed by atoms with Crippen LogP contribution < -0.4 is 0 Å². The van der Waals surface area contributed by atoms with Crippen LogP contribution in [0.4, 0.5) is 4.39 Å². The van der Waals surface area contributed by atoms with Gasteiger partial charge in [0.1, 0.15) is 5.82 Å². The summed E-state index contributed by atoms with van der Waals surface area (Å²) >= 11 is 0. The molecule has 1 aromatic rings. The topological polar surface area (TPSA) is 53.0 Å². The van der Waals surface area contributed by atoms with Crippen LogP contribution in [0.3, 0.4) is 0 Å². The summed E-state index contributed by atoms with van der Waals surface area (Å²) in [5, 5.41) is 9.83. The summed E-state index contributed by atoms with van der Waals surface area (Å²) in [6, 6.07) is 6.33. The number of carbonyl (C=O) groups is 1. The molecule has 150 valence electrons. The second-order valence-electron chi connectivity index (χ2n) is 7.97. The van der Waals surface area contributed by atoms with Gasteiger partial charge in [0, 0.05) is 45.4 Å². The number of likely N-dealkylation sites (tertiary alicyclic amines) is 1. The number of nitrogens with zero attached hydrogens (tertiary/aromatic N) is 2. The average Bonchev–Trinajstić information content (AvgIpc) is 3.11. The molecule has 3 rings (SSSR count). The molecule has 0 aromatic heterocycles. The summed E-state index contributed by atoms with van der Waals surface area (Å²) in [4.78, 5) is 17.8. The van der Waals surface area contributed by atoms with Crippen LogP contribution >= 0.6 is 0 Å². The molecule has 2 heterocycles. The van der Waals surface area contributed by atoms with E-state index in [9.17, 15) is 14.3 Å². The van der Waals surface area contributed by atoms with Crippen LogP contribution in [0.15, 0.2) is 24.3 Å². The highest BCUT2D eigenvalue weighted by atomic mass is 19.1. The summed E-state index contributed by atoms with van der Waals surface area (Å²) in [5.41, 5.74) is 0.212. The molecule has 1 N–H and O–H groups in total. The maximum absolute atomic E-state index is 13.7.